The molecular formula is C16H15F6N3O2S. The molecular weight excluding hydrogens is 412 g/mol. The van der Waals surface area contributed by atoms with Crippen LogP contribution in [-0.4, -0.2) is 32.8 Å². The number of ether oxygens (including phenoxy) is 1. The molecule has 0 spiro atoms. The topological polar surface area (TPSA) is 64.1 Å². The average Bonchev–Trinajstić information content (AvgIpc) is 2.59. The second-order valence-electron chi connectivity index (χ2n) is 5.64. The van der Waals surface area contributed by atoms with Crippen molar-refractivity contribution in [1.82, 2.24) is 9.97 Å². The van der Waals surface area contributed by atoms with Gasteiger partial charge in [-0.3, -0.25) is 4.21 Å². The molecule has 0 aliphatic rings. The molecule has 0 radical (unpaired) electrons. The first-order valence-electron chi connectivity index (χ1n) is 7.72. The zero-order valence-electron chi connectivity index (χ0n) is 14.4. The number of alkyl halides is 6. The van der Waals surface area contributed by atoms with Crippen molar-refractivity contribution in [3.63, 3.8) is 0 Å². The molecule has 2 rings (SSSR count). The molecule has 0 bridgehead atoms. The van der Waals surface area contributed by atoms with Gasteiger partial charge in [0, 0.05) is 23.6 Å². The van der Waals surface area contributed by atoms with Crippen molar-refractivity contribution in [1.29, 1.82) is 0 Å². The third kappa shape index (κ3) is 6.66. The maximum absolute atomic E-state index is 12.8. The fourth-order valence-corrected chi connectivity index (χ4v) is 2.38. The smallest absolute Gasteiger partial charge is 0.416 e. The third-order valence-corrected chi connectivity index (χ3v) is 4.11. The number of anilines is 1. The molecule has 12 heteroatoms. The van der Waals surface area contributed by atoms with E-state index in [4.69, 9.17) is 4.74 Å². The summed E-state index contributed by atoms with van der Waals surface area (Å²) in [6.07, 6.45) is -5.74. The molecule has 5 nitrogen and oxygen atoms in total. The van der Waals surface area contributed by atoms with E-state index in [1.54, 1.807) is 0 Å². The van der Waals surface area contributed by atoms with E-state index in [0.717, 1.165) is 0 Å². The second-order valence-corrected chi connectivity index (χ2v) is 7.19. The molecule has 28 heavy (non-hydrogen) atoms. The highest BCUT2D eigenvalue weighted by molar-refractivity contribution is 7.84. The van der Waals surface area contributed by atoms with Crippen LogP contribution in [0.4, 0.5) is 32.3 Å². The molecule has 1 atom stereocenters. The normalized spacial score (nSPS) is 13.2. The Kier molecular flexibility index (Phi) is 6.86. The summed E-state index contributed by atoms with van der Waals surface area (Å²) in [6.45, 7) is -0.161. The van der Waals surface area contributed by atoms with Gasteiger partial charge in [0.1, 0.15) is 0 Å². The Labute approximate surface area is 158 Å². The van der Waals surface area contributed by atoms with Crippen molar-refractivity contribution in [2.45, 2.75) is 18.9 Å². The summed E-state index contributed by atoms with van der Waals surface area (Å²) < 4.78 is 93.3. The maximum Gasteiger partial charge on any atom is 0.416 e. The lowest BCUT2D eigenvalue weighted by Gasteiger charge is -2.14. The number of hydrogen-bond acceptors (Lipinski definition) is 5. The zero-order valence-corrected chi connectivity index (χ0v) is 15.2. The average molecular weight is 427 g/mol. The van der Waals surface area contributed by atoms with Crippen LogP contribution in [0.2, 0.25) is 0 Å². The number of hydrogen-bond donors (Lipinski definition) is 1. The van der Waals surface area contributed by atoms with Crippen LogP contribution in [0, 0.1) is 0 Å². The molecule has 0 aliphatic carbocycles. The van der Waals surface area contributed by atoms with Crippen molar-refractivity contribution < 1.29 is 35.3 Å². The Morgan fingerprint density at radius 2 is 1.54 bits per heavy atom. The summed E-state index contributed by atoms with van der Waals surface area (Å²) in [5, 5.41) is 2.56. The van der Waals surface area contributed by atoms with Crippen molar-refractivity contribution >= 4 is 16.7 Å². The molecule has 1 aromatic heterocycles. The van der Waals surface area contributed by atoms with Crippen molar-refractivity contribution in [2.24, 2.45) is 0 Å². The Hall–Kier alpha value is -2.37. The highest BCUT2D eigenvalue weighted by Gasteiger charge is 2.36. The van der Waals surface area contributed by atoms with E-state index in [9.17, 15) is 30.6 Å². The van der Waals surface area contributed by atoms with Gasteiger partial charge in [-0.2, -0.15) is 26.3 Å². The predicted octanol–water partition coefficient (Wildman–Crippen LogP) is 3.88. The van der Waals surface area contributed by atoms with E-state index in [1.165, 1.54) is 18.6 Å². The number of nitrogens with one attached hydrogen (secondary N) is 1. The van der Waals surface area contributed by atoms with Crippen molar-refractivity contribution in [2.75, 3.05) is 23.9 Å². The van der Waals surface area contributed by atoms with E-state index < -0.39 is 34.3 Å². The number of rotatable bonds is 7. The van der Waals surface area contributed by atoms with E-state index >= 15 is 0 Å². The van der Waals surface area contributed by atoms with Gasteiger partial charge in [0.15, 0.2) is 5.75 Å². The SMILES string of the molecule is CS(=O)CCOc1cnc(NCc2cc(C(F)(F)F)cc(C(F)(F)F)c2)nc1. The maximum atomic E-state index is 12.8. The first-order valence-corrected chi connectivity index (χ1v) is 9.45. The zero-order chi connectivity index (χ0) is 20.9. The van der Waals surface area contributed by atoms with Gasteiger partial charge in [-0.05, 0) is 23.8 Å². The fourth-order valence-electron chi connectivity index (χ4n) is 2.06. The molecule has 1 unspecified atom stereocenters. The van der Waals surface area contributed by atoms with Crippen molar-refractivity contribution in [3.05, 3.63) is 47.3 Å². The van der Waals surface area contributed by atoms with Gasteiger partial charge in [0.25, 0.3) is 0 Å². The molecule has 0 aliphatic heterocycles. The number of aromatic nitrogens is 2. The summed E-state index contributed by atoms with van der Waals surface area (Å²) in [7, 11) is -1.02. The first kappa shape index (κ1) is 21.9. The van der Waals surface area contributed by atoms with Gasteiger partial charge < -0.3 is 10.1 Å². The standard InChI is InChI=1S/C16H15F6N3O2S/c1-28(26)3-2-27-13-8-24-14(25-9-13)23-7-10-4-11(15(17,18)19)6-12(5-10)16(20,21)22/h4-6,8-9H,2-3,7H2,1H3,(H,23,24,25). The Balaban J connectivity index is 2.08. The molecule has 1 aromatic carbocycles. The van der Waals surface area contributed by atoms with Gasteiger partial charge in [0.2, 0.25) is 5.95 Å². The quantitative estimate of drug-likeness (QED) is 0.680. The molecule has 0 amide bonds. The lowest BCUT2D eigenvalue weighted by atomic mass is 10.0. The minimum atomic E-state index is -4.91. The molecule has 1 N–H and O–H groups in total. The minimum absolute atomic E-state index is 0.00242. The van der Waals surface area contributed by atoms with E-state index in [1.807, 2.05) is 0 Å². The van der Waals surface area contributed by atoms with Crippen LogP contribution in [0.25, 0.3) is 0 Å². The monoisotopic (exact) mass is 427 g/mol. The Morgan fingerprint density at radius 1 is 1.00 bits per heavy atom. The van der Waals surface area contributed by atoms with Gasteiger partial charge in [-0.25, -0.2) is 9.97 Å². The summed E-state index contributed by atoms with van der Waals surface area (Å²) in [6, 6.07) is 1.32. The molecule has 0 saturated carbocycles. The van der Waals surface area contributed by atoms with Crippen LogP contribution in [0.15, 0.2) is 30.6 Å². The van der Waals surface area contributed by atoms with E-state index in [2.05, 4.69) is 15.3 Å². The first-order chi connectivity index (χ1) is 12.9. The van der Waals surface area contributed by atoms with Gasteiger partial charge in [-0.1, -0.05) is 0 Å². The van der Waals surface area contributed by atoms with Crippen LogP contribution in [0.1, 0.15) is 16.7 Å². The van der Waals surface area contributed by atoms with E-state index in [-0.39, 0.29) is 36.5 Å². The number of benzene rings is 1. The number of halogens is 6. The lowest BCUT2D eigenvalue weighted by Crippen LogP contribution is -2.13. The second kappa shape index (κ2) is 8.76. The Morgan fingerprint density at radius 3 is 2.00 bits per heavy atom. The molecule has 0 fully saturated rings. The minimum Gasteiger partial charge on any atom is -0.489 e. The number of nitrogens with zero attached hydrogens (tertiary/aromatic N) is 2. The fraction of sp³-hybridized carbons (Fsp3) is 0.375. The van der Waals surface area contributed by atoms with Gasteiger partial charge in [0.05, 0.1) is 35.9 Å². The lowest BCUT2D eigenvalue weighted by molar-refractivity contribution is -0.143. The van der Waals surface area contributed by atoms with Crippen LogP contribution in [-0.2, 0) is 29.7 Å². The highest BCUT2D eigenvalue weighted by Crippen LogP contribution is 2.36. The summed E-state index contributed by atoms with van der Waals surface area (Å²) in [5.41, 5.74) is -3.01. The summed E-state index contributed by atoms with van der Waals surface area (Å²) >= 11 is 0. The van der Waals surface area contributed by atoms with Crippen LogP contribution in [0.5, 0.6) is 5.75 Å². The molecule has 1 heterocycles. The summed E-state index contributed by atoms with van der Waals surface area (Å²) in [5.74, 6) is 0.601. The molecule has 154 valence electrons. The van der Waals surface area contributed by atoms with Crippen molar-refractivity contribution in [3.8, 4) is 5.75 Å². The largest absolute Gasteiger partial charge is 0.489 e. The van der Waals surface area contributed by atoms with Gasteiger partial charge >= 0.3 is 12.4 Å². The van der Waals surface area contributed by atoms with Gasteiger partial charge in [-0.15, -0.1) is 0 Å². The van der Waals surface area contributed by atoms with Crippen LogP contribution < -0.4 is 10.1 Å². The summed E-state index contributed by atoms with van der Waals surface area (Å²) in [4.78, 5) is 7.73. The molecule has 2 aromatic rings. The Bertz CT molecular complexity index is 792. The van der Waals surface area contributed by atoms with E-state index in [0.29, 0.717) is 17.9 Å². The third-order valence-electron chi connectivity index (χ3n) is 3.37. The van der Waals surface area contributed by atoms with Crippen LogP contribution in [0.3, 0.4) is 0 Å². The van der Waals surface area contributed by atoms with Crippen LogP contribution >= 0.6 is 0 Å². The highest BCUT2D eigenvalue weighted by atomic mass is 32.2. The predicted molar refractivity (Wildman–Crippen MR) is 90.2 cm³/mol. The molecule has 0 saturated heterocycles.